The van der Waals surface area contributed by atoms with E-state index in [-0.39, 0.29) is 6.10 Å². The maximum absolute atomic E-state index is 9.99. The minimum Gasteiger partial charge on any atom is -0.465 e. The molecule has 0 radical (unpaired) electrons. The summed E-state index contributed by atoms with van der Waals surface area (Å²) in [5, 5.41) is 10.5. The summed E-state index contributed by atoms with van der Waals surface area (Å²) >= 11 is 0. The molecule has 1 aliphatic rings. The molecule has 4 heteroatoms. The van der Waals surface area contributed by atoms with Gasteiger partial charge in [-0.15, -0.1) is 0 Å². The van der Waals surface area contributed by atoms with Gasteiger partial charge in [0.05, 0.1) is 6.10 Å². The van der Waals surface area contributed by atoms with Crippen LogP contribution in [0.15, 0.2) is 0 Å². The van der Waals surface area contributed by atoms with Crippen LogP contribution in [-0.4, -0.2) is 30.5 Å². The molecule has 0 saturated carbocycles. The topological polar surface area (TPSA) is 58.6 Å². The number of carboxylic acid groups (broad SMARTS) is 1. The molecule has 0 spiro atoms. The lowest BCUT2D eigenvalue weighted by atomic mass is 10.2. The SMILES string of the molecule is O=C(O)NC[C@@H]1CCCO1. The molecule has 0 aliphatic carbocycles. The van der Waals surface area contributed by atoms with Crippen LogP contribution < -0.4 is 5.32 Å². The molecule has 0 aromatic rings. The Morgan fingerprint density at radius 2 is 2.60 bits per heavy atom. The van der Waals surface area contributed by atoms with E-state index in [1.54, 1.807) is 0 Å². The van der Waals surface area contributed by atoms with Crippen LogP contribution in [0.5, 0.6) is 0 Å². The first-order valence-corrected chi connectivity index (χ1v) is 3.37. The smallest absolute Gasteiger partial charge is 0.404 e. The van der Waals surface area contributed by atoms with E-state index >= 15 is 0 Å². The van der Waals surface area contributed by atoms with Gasteiger partial charge in [0.15, 0.2) is 0 Å². The lowest BCUT2D eigenvalue weighted by Crippen LogP contribution is -2.30. The van der Waals surface area contributed by atoms with Gasteiger partial charge in [-0.25, -0.2) is 4.79 Å². The third-order valence-electron chi connectivity index (χ3n) is 1.50. The number of ether oxygens (including phenoxy) is 1. The van der Waals surface area contributed by atoms with Gasteiger partial charge in [-0.1, -0.05) is 0 Å². The Morgan fingerprint density at radius 3 is 3.10 bits per heavy atom. The second-order valence-electron chi connectivity index (χ2n) is 2.32. The van der Waals surface area contributed by atoms with Crippen molar-refractivity contribution >= 4 is 6.09 Å². The molecule has 10 heavy (non-hydrogen) atoms. The van der Waals surface area contributed by atoms with Gasteiger partial charge in [-0.2, -0.15) is 0 Å². The summed E-state index contributed by atoms with van der Waals surface area (Å²) in [6, 6.07) is 0. The fourth-order valence-corrected chi connectivity index (χ4v) is 1.01. The Balaban J connectivity index is 2.07. The fraction of sp³-hybridized carbons (Fsp3) is 0.833. The number of hydrogen-bond acceptors (Lipinski definition) is 2. The quantitative estimate of drug-likeness (QED) is 0.592. The minimum atomic E-state index is -0.976. The van der Waals surface area contributed by atoms with Crippen molar-refractivity contribution < 1.29 is 14.6 Å². The molecule has 1 atom stereocenters. The van der Waals surface area contributed by atoms with Crippen molar-refractivity contribution in [2.75, 3.05) is 13.2 Å². The van der Waals surface area contributed by atoms with Crippen LogP contribution in [0.4, 0.5) is 4.79 Å². The van der Waals surface area contributed by atoms with Crippen LogP contribution in [0.3, 0.4) is 0 Å². The molecular formula is C6H11NO3. The summed E-state index contributed by atoms with van der Waals surface area (Å²) in [6.45, 7) is 1.20. The first-order valence-electron chi connectivity index (χ1n) is 3.37. The zero-order valence-electron chi connectivity index (χ0n) is 5.67. The van der Waals surface area contributed by atoms with Crippen molar-refractivity contribution in [2.24, 2.45) is 0 Å². The summed E-state index contributed by atoms with van der Waals surface area (Å²) in [6.07, 6.45) is 1.15. The molecule has 0 unspecified atom stereocenters. The molecule has 1 heterocycles. The summed E-state index contributed by atoms with van der Waals surface area (Å²) in [5.74, 6) is 0. The predicted molar refractivity (Wildman–Crippen MR) is 35.0 cm³/mol. The Bertz CT molecular complexity index is 120. The van der Waals surface area contributed by atoms with Gasteiger partial charge in [-0.3, -0.25) is 0 Å². The van der Waals surface area contributed by atoms with E-state index in [2.05, 4.69) is 5.32 Å². The van der Waals surface area contributed by atoms with Crippen LogP contribution in [0.1, 0.15) is 12.8 Å². The second kappa shape index (κ2) is 3.41. The number of nitrogens with one attached hydrogen (secondary N) is 1. The van der Waals surface area contributed by atoms with Gasteiger partial charge in [0, 0.05) is 13.2 Å². The van der Waals surface area contributed by atoms with E-state index in [9.17, 15) is 4.79 Å². The van der Waals surface area contributed by atoms with Gasteiger partial charge in [0.1, 0.15) is 0 Å². The van der Waals surface area contributed by atoms with Crippen LogP contribution in [0.25, 0.3) is 0 Å². The molecule has 1 aliphatic heterocycles. The van der Waals surface area contributed by atoms with Crippen molar-refractivity contribution in [3.8, 4) is 0 Å². The largest absolute Gasteiger partial charge is 0.465 e. The van der Waals surface area contributed by atoms with Crippen LogP contribution in [0.2, 0.25) is 0 Å². The standard InChI is InChI=1S/C6H11NO3/c8-6(9)7-4-5-2-1-3-10-5/h5,7H,1-4H2,(H,8,9)/t5-/m0/s1. The van der Waals surface area contributed by atoms with E-state index in [4.69, 9.17) is 9.84 Å². The zero-order chi connectivity index (χ0) is 7.40. The Morgan fingerprint density at radius 1 is 1.80 bits per heavy atom. The molecule has 1 fully saturated rings. The highest BCUT2D eigenvalue weighted by Gasteiger charge is 2.15. The maximum Gasteiger partial charge on any atom is 0.404 e. The van der Waals surface area contributed by atoms with Crippen LogP contribution in [-0.2, 0) is 4.74 Å². The average molecular weight is 145 g/mol. The number of carbonyl (C=O) groups is 1. The summed E-state index contributed by atoms with van der Waals surface area (Å²) < 4.78 is 5.18. The predicted octanol–water partition coefficient (Wildman–Crippen LogP) is 0.433. The molecule has 4 nitrogen and oxygen atoms in total. The summed E-state index contributed by atoms with van der Waals surface area (Å²) in [4.78, 5) is 9.99. The molecule has 0 bridgehead atoms. The van der Waals surface area contributed by atoms with E-state index in [0.717, 1.165) is 19.4 Å². The van der Waals surface area contributed by atoms with Crippen molar-refractivity contribution in [1.82, 2.24) is 5.32 Å². The van der Waals surface area contributed by atoms with Crippen LogP contribution in [0, 0.1) is 0 Å². The average Bonchev–Trinajstić information content (AvgIpc) is 2.34. The number of amides is 1. The molecule has 0 aromatic carbocycles. The molecule has 58 valence electrons. The minimum absolute atomic E-state index is 0.107. The van der Waals surface area contributed by atoms with Crippen LogP contribution >= 0.6 is 0 Å². The number of rotatable bonds is 2. The molecule has 0 aromatic heterocycles. The highest BCUT2D eigenvalue weighted by molar-refractivity contribution is 5.64. The monoisotopic (exact) mass is 145 g/mol. The lowest BCUT2D eigenvalue weighted by Gasteiger charge is -2.07. The normalized spacial score (nSPS) is 24.6. The second-order valence-corrected chi connectivity index (χ2v) is 2.32. The van der Waals surface area contributed by atoms with E-state index in [0.29, 0.717) is 6.54 Å². The molecule has 1 saturated heterocycles. The summed E-state index contributed by atoms with van der Waals surface area (Å²) in [5.41, 5.74) is 0. The van der Waals surface area contributed by atoms with Gasteiger partial charge < -0.3 is 15.2 Å². The third-order valence-corrected chi connectivity index (χ3v) is 1.50. The lowest BCUT2D eigenvalue weighted by molar-refractivity contribution is 0.108. The van der Waals surface area contributed by atoms with Gasteiger partial charge in [0.2, 0.25) is 0 Å². The first-order chi connectivity index (χ1) is 4.79. The fourth-order valence-electron chi connectivity index (χ4n) is 1.01. The Labute approximate surface area is 59.2 Å². The highest BCUT2D eigenvalue weighted by Crippen LogP contribution is 2.10. The molecular weight excluding hydrogens is 134 g/mol. The first kappa shape index (κ1) is 7.34. The Kier molecular flexibility index (Phi) is 2.50. The molecule has 1 rings (SSSR count). The van der Waals surface area contributed by atoms with E-state index < -0.39 is 6.09 Å². The van der Waals surface area contributed by atoms with Gasteiger partial charge >= 0.3 is 6.09 Å². The van der Waals surface area contributed by atoms with Crippen molar-refractivity contribution in [3.05, 3.63) is 0 Å². The van der Waals surface area contributed by atoms with Crippen molar-refractivity contribution in [1.29, 1.82) is 0 Å². The van der Waals surface area contributed by atoms with Gasteiger partial charge in [-0.05, 0) is 12.8 Å². The van der Waals surface area contributed by atoms with E-state index in [1.807, 2.05) is 0 Å². The zero-order valence-corrected chi connectivity index (χ0v) is 5.67. The highest BCUT2D eigenvalue weighted by atomic mass is 16.5. The van der Waals surface area contributed by atoms with E-state index in [1.165, 1.54) is 0 Å². The van der Waals surface area contributed by atoms with Crippen molar-refractivity contribution in [2.45, 2.75) is 18.9 Å². The molecule has 2 N–H and O–H groups in total. The third kappa shape index (κ3) is 2.23. The van der Waals surface area contributed by atoms with Gasteiger partial charge in [0.25, 0.3) is 0 Å². The maximum atomic E-state index is 9.99. The van der Waals surface area contributed by atoms with Crippen molar-refractivity contribution in [3.63, 3.8) is 0 Å². The Hall–Kier alpha value is -0.770. The molecule has 1 amide bonds. The summed E-state index contributed by atoms with van der Waals surface area (Å²) in [7, 11) is 0. The number of hydrogen-bond donors (Lipinski definition) is 2.